The predicted molar refractivity (Wildman–Crippen MR) is 140 cm³/mol. The van der Waals surface area contributed by atoms with Crippen LogP contribution in [0.2, 0.25) is 0 Å². The topological polar surface area (TPSA) is 72.6 Å². The lowest BCUT2D eigenvalue weighted by atomic mass is 9.70. The molecule has 1 atom stereocenters. The first-order chi connectivity index (χ1) is 17.4. The summed E-state index contributed by atoms with van der Waals surface area (Å²) in [5.74, 6) is 1.65. The van der Waals surface area contributed by atoms with E-state index < -0.39 is 0 Å². The van der Waals surface area contributed by atoms with E-state index in [0.29, 0.717) is 23.5 Å². The number of nitrogens with zero attached hydrogens (tertiary/aromatic N) is 1. The quantitative estimate of drug-likeness (QED) is 0.424. The van der Waals surface area contributed by atoms with Crippen molar-refractivity contribution in [1.29, 1.82) is 0 Å². The lowest BCUT2D eigenvalue weighted by molar-refractivity contribution is -0.125. The number of rotatable bonds is 10. The van der Waals surface area contributed by atoms with E-state index >= 15 is 0 Å². The van der Waals surface area contributed by atoms with Gasteiger partial charge in [0.2, 0.25) is 5.91 Å². The molecule has 0 spiro atoms. The molecule has 1 heterocycles. The summed E-state index contributed by atoms with van der Waals surface area (Å²) in [6, 6.07) is 5.95. The van der Waals surface area contributed by atoms with Crippen molar-refractivity contribution in [2.75, 3.05) is 26.7 Å². The molecule has 2 saturated carbocycles. The largest absolute Gasteiger partial charge is 0.381 e. The summed E-state index contributed by atoms with van der Waals surface area (Å²) < 4.78 is 18.7. The SMILES string of the molecule is COC1CCC(CC(C(N)=O)C2CCC(CCN3CCC(C(=O)c4ccc(F)cc4)CC3)CC2)CC1. The molecule has 0 bridgehead atoms. The van der Waals surface area contributed by atoms with E-state index in [0.717, 1.165) is 83.3 Å². The van der Waals surface area contributed by atoms with Crippen LogP contribution in [0.25, 0.3) is 0 Å². The van der Waals surface area contributed by atoms with Gasteiger partial charge in [0, 0.05) is 24.5 Å². The van der Waals surface area contributed by atoms with E-state index in [2.05, 4.69) is 4.90 Å². The Bertz CT molecular complexity index is 836. The van der Waals surface area contributed by atoms with Gasteiger partial charge in [-0.2, -0.15) is 0 Å². The van der Waals surface area contributed by atoms with Crippen molar-refractivity contribution in [1.82, 2.24) is 4.90 Å². The Morgan fingerprint density at radius 1 is 0.944 bits per heavy atom. The summed E-state index contributed by atoms with van der Waals surface area (Å²) in [5, 5.41) is 0. The van der Waals surface area contributed by atoms with Crippen LogP contribution in [0.1, 0.15) is 87.4 Å². The molecule has 1 amide bonds. The van der Waals surface area contributed by atoms with Crippen LogP contribution in [0.5, 0.6) is 0 Å². The molecule has 4 rings (SSSR count). The van der Waals surface area contributed by atoms with Crippen LogP contribution in [0.3, 0.4) is 0 Å². The van der Waals surface area contributed by atoms with Crippen molar-refractivity contribution in [3.05, 3.63) is 35.6 Å². The number of benzene rings is 1. The number of Topliss-reactive ketones (excluding diaryl/α,β-unsaturated/α-hetero) is 1. The van der Waals surface area contributed by atoms with Gasteiger partial charge in [-0.25, -0.2) is 4.39 Å². The molecule has 1 saturated heterocycles. The highest BCUT2D eigenvalue weighted by atomic mass is 19.1. The maximum Gasteiger partial charge on any atom is 0.220 e. The molecular weight excluding hydrogens is 455 g/mol. The number of ether oxygens (including phenoxy) is 1. The van der Waals surface area contributed by atoms with E-state index in [1.165, 1.54) is 31.4 Å². The van der Waals surface area contributed by atoms with Gasteiger partial charge in [0.25, 0.3) is 0 Å². The molecule has 200 valence electrons. The highest BCUT2D eigenvalue weighted by molar-refractivity contribution is 5.97. The number of methoxy groups -OCH3 is 1. The summed E-state index contributed by atoms with van der Waals surface area (Å²) in [6.45, 7) is 3.01. The monoisotopic (exact) mass is 500 g/mol. The Balaban J connectivity index is 1.15. The maximum atomic E-state index is 13.2. The van der Waals surface area contributed by atoms with Crippen LogP contribution in [0.4, 0.5) is 4.39 Å². The molecule has 2 N–H and O–H groups in total. The number of likely N-dealkylation sites (tertiary alicyclic amines) is 1. The number of primary amides is 1. The maximum absolute atomic E-state index is 13.2. The molecule has 2 aliphatic carbocycles. The van der Waals surface area contributed by atoms with Crippen molar-refractivity contribution in [3.63, 3.8) is 0 Å². The molecule has 1 aromatic rings. The van der Waals surface area contributed by atoms with Crippen LogP contribution in [-0.2, 0) is 9.53 Å². The minimum atomic E-state index is -0.301. The van der Waals surface area contributed by atoms with Gasteiger partial charge in [-0.3, -0.25) is 9.59 Å². The van der Waals surface area contributed by atoms with Crippen molar-refractivity contribution in [2.24, 2.45) is 35.3 Å². The Hall–Kier alpha value is -1.79. The average Bonchev–Trinajstić information content (AvgIpc) is 2.91. The molecular formula is C30H45FN2O3. The number of hydrogen-bond acceptors (Lipinski definition) is 4. The van der Waals surface area contributed by atoms with Gasteiger partial charge in [-0.1, -0.05) is 12.8 Å². The average molecular weight is 501 g/mol. The highest BCUT2D eigenvalue weighted by Crippen LogP contribution is 2.40. The predicted octanol–water partition coefficient (Wildman–Crippen LogP) is 5.61. The van der Waals surface area contributed by atoms with Gasteiger partial charge in [0.15, 0.2) is 5.78 Å². The first-order valence-electron chi connectivity index (χ1n) is 14.3. The molecule has 1 unspecified atom stereocenters. The zero-order valence-corrected chi connectivity index (χ0v) is 22.0. The molecule has 3 aliphatic rings. The Labute approximate surface area is 216 Å². The summed E-state index contributed by atoms with van der Waals surface area (Å²) in [6.07, 6.45) is 13.5. The van der Waals surface area contributed by atoms with Crippen molar-refractivity contribution in [3.8, 4) is 0 Å². The second-order valence-corrected chi connectivity index (χ2v) is 11.7. The van der Waals surface area contributed by atoms with Gasteiger partial charge in [0.05, 0.1) is 6.10 Å². The van der Waals surface area contributed by atoms with Gasteiger partial charge in [-0.05, 0) is 126 Å². The molecule has 1 aromatic carbocycles. The van der Waals surface area contributed by atoms with Crippen LogP contribution >= 0.6 is 0 Å². The third-order valence-corrected chi connectivity index (χ3v) is 9.48. The number of carbonyl (C=O) groups is 2. The van der Waals surface area contributed by atoms with Gasteiger partial charge >= 0.3 is 0 Å². The third kappa shape index (κ3) is 7.38. The normalized spacial score (nSPS) is 29.1. The second kappa shape index (κ2) is 13.1. The van der Waals surface area contributed by atoms with Crippen LogP contribution in [0.15, 0.2) is 24.3 Å². The second-order valence-electron chi connectivity index (χ2n) is 11.7. The molecule has 5 nitrogen and oxygen atoms in total. The molecule has 0 radical (unpaired) electrons. The van der Waals surface area contributed by atoms with Gasteiger partial charge in [-0.15, -0.1) is 0 Å². The fourth-order valence-corrected chi connectivity index (χ4v) is 7.02. The number of piperidine rings is 1. The van der Waals surface area contributed by atoms with E-state index in [-0.39, 0.29) is 29.3 Å². The number of carbonyl (C=O) groups excluding carboxylic acids is 2. The standard InChI is InChI=1S/C30H45FN2O3/c1-36-27-12-4-22(5-13-27)20-28(30(32)35)23-6-2-21(3-7-23)14-17-33-18-15-25(16-19-33)29(34)24-8-10-26(31)11-9-24/h8-11,21-23,25,27-28H,2-7,12-20H2,1H3,(H2,32,35). The van der Waals surface area contributed by atoms with Crippen LogP contribution < -0.4 is 5.73 Å². The lowest BCUT2D eigenvalue weighted by Gasteiger charge is -2.37. The van der Waals surface area contributed by atoms with Crippen LogP contribution in [-0.4, -0.2) is 49.4 Å². The van der Waals surface area contributed by atoms with Crippen molar-refractivity contribution >= 4 is 11.7 Å². The number of ketones is 1. The minimum absolute atomic E-state index is 0.0349. The fourth-order valence-electron chi connectivity index (χ4n) is 7.02. The minimum Gasteiger partial charge on any atom is -0.381 e. The van der Waals surface area contributed by atoms with Crippen molar-refractivity contribution in [2.45, 2.75) is 83.2 Å². The number of hydrogen-bond donors (Lipinski definition) is 1. The number of amides is 1. The summed E-state index contributed by atoms with van der Waals surface area (Å²) >= 11 is 0. The Kier molecular flexibility index (Phi) is 9.95. The first kappa shape index (κ1) is 27.3. The fraction of sp³-hybridized carbons (Fsp3) is 0.733. The summed E-state index contributed by atoms with van der Waals surface area (Å²) in [4.78, 5) is 27.6. The van der Waals surface area contributed by atoms with Crippen LogP contribution in [0, 0.1) is 35.4 Å². The number of nitrogens with two attached hydrogens (primary N) is 1. The Morgan fingerprint density at radius 3 is 2.14 bits per heavy atom. The summed E-state index contributed by atoms with van der Waals surface area (Å²) in [7, 11) is 1.80. The molecule has 3 fully saturated rings. The first-order valence-corrected chi connectivity index (χ1v) is 14.3. The summed E-state index contributed by atoms with van der Waals surface area (Å²) in [5.41, 5.74) is 6.52. The molecule has 36 heavy (non-hydrogen) atoms. The lowest BCUT2D eigenvalue weighted by Crippen LogP contribution is -2.38. The van der Waals surface area contributed by atoms with E-state index in [4.69, 9.17) is 10.5 Å². The van der Waals surface area contributed by atoms with Crippen molar-refractivity contribution < 1.29 is 18.7 Å². The molecule has 6 heteroatoms. The van der Waals surface area contributed by atoms with E-state index in [1.807, 2.05) is 0 Å². The van der Waals surface area contributed by atoms with Gasteiger partial charge < -0.3 is 15.4 Å². The molecule has 1 aliphatic heterocycles. The number of halogens is 1. The zero-order chi connectivity index (χ0) is 25.5. The smallest absolute Gasteiger partial charge is 0.220 e. The highest BCUT2D eigenvalue weighted by Gasteiger charge is 2.34. The third-order valence-electron chi connectivity index (χ3n) is 9.48. The van der Waals surface area contributed by atoms with E-state index in [9.17, 15) is 14.0 Å². The zero-order valence-electron chi connectivity index (χ0n) is 22.0. The molecule has 0 aromatic heterocycles. The van der Waals surface area contributed by atoms with Gasteiger partial charge in [0.1, 0.15) is 5.82 Å². The van der Waals surface area contributed by atoms with E-state index in [1.54, 1.807) is 19.2 Å². The Morgan fingerprint density at radius 2 is 1.56 bits per heavy atom.